The normalized spacial score (nSPS) is 10.7. The van der Waals surface area contributed by atoms with E-state index in [0.29, 0.717) is 19.6 Å². The smallest absolute Gasteiger partial charge is 0.223 e. The summed E-state index contributed by atoms with van der Waals surface area (Å²) in [5, 5.41) is 2.85. The molecule has 0 radical (unpaired) electrons. The number of carbonyl (C=O) groups excluding carboxylic acids is 1. The Hall–Kier alpha value is -1.77. The third kappa shape index (κ3) is 6.09. The van der Waals surface area contributed by atoms with Gasteiger partial charge in [-0.25, -0.2) is 0 Å². The zero-order valence-corrected chi connectivity index (χ0v) is 12.0. The molecular formula is C16H23NO2. The molecule has 0 spiro atoms. The lowest BCUT2D eigenvalue weighted by Gasteiger charge is -2.08. The molecular weight excluding hydrogens is 238 g/mol. The summed E-state index contributed by atoms with van der Waals surface area (Å²) >= 11 is 0. The van der Waals surface area contributed by atoms with E-state index < -0.39 is 0 Å². The maximum atomic E-state index is 11.5. The van der Waals surface area contributed by atoms with Crippen molar-refractivity contribution in [2.24, 2.45) is 0 Å². The van der Waals surface area contributed by atoms with E-state index in [-0.39, 0.29) is 5.91 Å². The van der Waals surface area contributed by atoms with Crippen LogP contribution in [0.1, 0.15) is 30.9 Å². The average Bonchev–Trinajstić information content (AvgIpc) is 2.39. The number of benzene rings is 1. The molecule has 0 saturated heterocycles. The summed E-state index contributed by atoms with van der Waals surface area (Å²) in [6, 6.07) is 5.97. The number of ether oxygens (including phenoxy) is 1. The van der Waals surface area contributed by atoms with Crippen molar-refractivity contribution >= 4 is 5.91 Å². The Morgan fingerprint density at radius 1 is 1.32 bits per heavy atom. The fourth-order valence-electron chi connectivity index (χ4n) is 1.62. The first kappa shape index (κ1) is 15.3. The summed E-state index contributed by atoms with van der Waals surface area (Å²) < 4.78 is 5.57. The fraction of sp³-hybridized carbons (Fsp3) is 0.438. The molecule has 104 valence electrons. The molecule has 0 bridgehead atoms. The van der Waals surface area contributed by atoms with Crippen LogP contribution < -0.4 is 10.1 Å². The van der Waals surface area contributed by atoms with Crippen LogP contribution in [0.3, 0.4) is 0 Å². The van der Waals surface area contributed by atoms with Gasteiger partial charge >= 0.3 is 0 Å². The number of aryl methyl sites for hydroxylation is 2. The van der Waals surface area contributed by atoms with Gasteiger partial charge in [-0.2, -0.15) is 0 Å². The molecule has 0 aliphatic carbocycles. The number of amides is 1. The maximum Gasteiger partial charge on any atom is 0.223 e. The molecule has 0 atom stereocenters. The molecule has 0 aromatic heterocycles. The van der Waals surface area contributed by atoms with Crippen LogP contribution in [0.15, 0.2) is 30.4 Å². The van der Waals surface area contributed by atoms with Crippen LogP contribution in [0.25, 0.3) is 0 Å². The van der Waals surface area contributed by atoms with Crippen molar-refractivity contribution in [2.75, 3.05) is 13.2 Å². The van der Waals surface area contributed by atoms with Crippen LogP contribution in [0.4, 0.5) is 0 Å². The minimum atomic E-state index is 0.0355. The Bertz CT molecular complexity index is 438. The fourth-order valence-corrected chi connectivity index (χ4v) is 1.62. The van der Waals surface area contributed by atoms with E-state index in [2.05, 4.69) is 19.2 Å². The first-order valence-corrected chi connectivity index (χ1v) is 6.71. The molecule has 1 amide bonds. The molecule has 0 saturated carbocycles. The van der Waals surface area contributed by atoms with Gasteiger partial charge in [0.05, 0.1) is 13.0 Å². The lowest BCUT2D eigenvalue weighted by atomic mass is 10.1. The van der Waals surface area contributed by atoms with Crippen molar-refractivity contribution in [2.45, 2.75) is 33.6 Å². The van der Waals surface area contributed by atoms with Crippen LogP contribution in [-0.4, -0.2) is 19.1 Å². The van der Waals surface area contributed by atoms with Crippen molar-refractivity contribution < 1.29 is 9.53 Å². The largest absolute Gasteiger partial charge is 0.493 e. The van der Waals surface area contributed by atoms with Crippen LogP contribution in [0, 0.1) is 13.8 Å². The lowest BCUT2D eigenvalue weighted by molar-refractivity contribution is -0.121. The highest BCUT2D eigenvalue weighted by atomic mass is 16.5. The molecule has 0 fully saturated rings. The number of carbonyl (C=O) groups is 1. The Balaban J connectivity index is 2.22. The number of nitrogens with one attached hydrogen (secondary N) is 1. The highest BCUT2D eigenvalue weighted by Crippen LogP contribution is 2.16. The van der Waals surface area contributed by atoms with Gasteiger partial charge < -0.3 is 10.1 Å². The second-order valence-electron chi connectivity index (χ2n) is 4.55. The Kier molecular flexibility index (Phi) is 6.72. The van der Waals surface area contributed by atoms with Crippen LogP contribution in [-0.2, 0) is 4.79 Å². The van der Waals surface area contributed by atoms with Crippen molar-refractivity contribution in [3.05, 3.63) is 41.5 Å². The molecule has 3 heteroatoms. The molecule has 0 aliphatic heterocycles. The Labute approximate surface area is 115 Å². The van der Waals surface area contributed by atoms with Gasteiger partial charge in [-0.1, -0.05) is 18.2 Å². The zero-order valence-electron chi connectivity index (χ0n) is 12.0. The standard InChI is InChI=1S/C16H23NO2/c1-4-5-6-10-17-16(18)9-11-19-15-8-7-13(2)14(3)12-15/h4-5,7-8,12H,6,9-11H2,1-3H3,(H,17,18)/b5-4+. The summed E-state index contributed by atoms with van der Waals surface area (Å²) in [7, 11) is 0. The lowest BCUT2D eigenvalue weighted by Crippen LogP contribution is -2.25. The zero-order chi connectivity index (χ0) is 14.1. The first-order chi connectivity index (χ1) is 9.13. The van der Waals surface area contributed by atoms with Gasteiger partial charge in [0, 0.05) is 6.54 Å². The van der Waals surface area contributed by atoms with Gasteiger partial charge in [0.1, 0.15) is 5.75 Å². The Morgan fingerprint density at radius 3 is 2.79 bits per heavy atom. The quantitative estimate of drug-likeness (QED) is 0.605. The van der Waals surface area contributed by atoms with E-state index in [4.69, 9.17) is 4.74 Å². The molecule has 1 N–H and O–H groups in total. The molecule has 19 heavy (non-hydrogen) atoms. The molecule has 1 aromatic carbocycles. The van der Waals surface area contributed by atoms with Gasteiger partial charge in [-0.05, 0) is 50.5 Å². The topological polar surface area (TPSA) is 38.3 Å². The van der Waals surface area contributed by atoms with E-state index in [1.54, 1.807) is 0 Å². The number of hydrogen-bond donors (Lipinski definition) is 1. The van der Waals surface area contributed by atoms with Crippen LogP contribution >= 0.6 is 0 Å². The predicted molar refractivity (Wildman–Crippen MR) is 78.5 cm³/mol. The van der Waals surface area contributed by atoms with Crippen molar-refractivity contribution in [3.8, 4) is 5.75 Å². The van der Waals surface area contributed by atoms with E-state index in [1.807, 2.05) is 37.3 Å². The van der Waals surface area contributed by atoms with E-state index in [1.165, 1.54) is 11.1 Å². The highest BCUT2D eigenvalue weighted by molar-refractivity contribution is 5.75. The number of hydrogen-bond acceptors (Lipinski definition) is 2. The van der Waals surface area contributed by atoms with Gasteiger partial charge in [0.2, 0.25) is 5.91 Å². The molecule has 0 unspecified atom stereocenters. The summed E-state index contributed by atoms with van der Waals surface area (Å²) in [6.07, 6.45) is 5.28. The Morgan fingerprint density at radius 2 is 2.11 bits per heavy atom. The van der Waals surface area contributed by atoms with E-state index in [9.17, 15) is 4.79 Å². The average molecular weight is 261 g/mol. The van der Waals surface area contributed by atoms with Gasteiger partial charge in [-0.3, -0.25) is 4.79 Å². The van der Waals surface area contributed by atoms with Gasteiger partial charge in [0.25, 0.3) is 0 Å². The molecule has 1 rings (SSSR count). The second-order valence-corrected chi connectivity index (χ2v) is 4.55. The third-order valence-electron chi connectivity index (χ3n) is 2.95. The molecule has 1 aromatic rings. The maximum absolute atomic E-state index is 11.5. The van der Waals surface area contributed by atoms with Crippen molar-refractivity contribution in [3.63, 3.8) is 0 Å². The van der Waals surface area contributed by atoms with Gasteiger partial charge in [-0.15, -0.1) is 0 Å². The molecule has 3 nitrogen and oxygen atoms in total. The minimum absolute atomic E-state index is 0.0355. The van der Waals surface area contributed by atoms with Crippen molar-refractivity contribution in [1.29, 1.82) is 0 Å². The summed E-state index contributed by atoms with van der Waals surface area (Å²) in [6.45, 7) is 7.19. The third-order valence-corrected chi connectivity index (χ3v) is 2.95. The van der Waals surface area contributed by atoms with E-state index >= 15 is 0 Å². The van der Waals surface area contributed by atoms with Crippen LogP contribution in [0.5, 0.6) is 5.75 Å². The highest BCUT2D eigenvalue weighted by Gasteiger charge is 2.01. The predicted octanol–water partition coefficient (Wildman–Crippen LogP) is 3.15. The number of allylic oxidation sites excluding steroid dienone is 1. The van der Waals surface area contributed by atoms with Crippen molar-refractivity contribution in [1.82, 2.24) is 5.32 Å². The minimum Gasteiger partial charge on any atom is -0.493 e. The summed E-state index contributed by atoms with van der Waals surface area (Å²) in [4.78, 5) is 11.5. The first-order valence-electron chi connectivity index (χ1n) is 6.71. The van der Waals surface area contributed by atoms with Crippen LogP contribution in [0.2, 0.25) is 0 Å². The second kappa shape index (κ2) is 8.35. The molecule has 0 aliphatic rings. The van der Waals surface area contributed by atoms with E-state index in [0.717, 1.165) is 12.2 Å². The van der Waals surface area contributed by atoms with Gasteiger partial charge in [0.15, 0.2) is 0 Å². The SMILES string of the molecule is C/C=C/CCNC(=O)CCOc1ccc(C)c(C)c1. The summed E-state index contributed by atoms with van der Waals surface area (Å²) in [5.41, 5.74) is 2.45. The summed E-state index contributed by atoms with van der Waals surface area (Å²) in [5.74, 6) is 0.859. The monoisotopic (exact) mass is 261 g/mol. The number of rotatable bonds is 7. The molecule has 0 heterocycles.